The van der Waals surface area contributed by atoms with Crippen LogP contribution in [0.3, 0.4) is 0 Å². The Morgan fingerprint density at radius 1 is 1.42 bits per heavy atom. The second-order valence-corrected chi connectivity index (χ2v) is 6.67. The molecule has 5 nitrogen and oxygen atoms in total. The van der Waals surface area contributed by atoms with Gasteiger partial charge in [0.25, 0.3) is 0 Å². The molecule has 0 aromatic rings. The van der Waals surface area contributed by atoms with Crippen LogP contribution in [0.1, 0.15) is 26.2 Å². The van der Waals surface area contributed by atoms with Gasteiger partial charge in [0.1, 0.15) is 0 Å². The molecule has 2 saturated heterocycles. The monoisotopic (exact) mass is 286 g/mol. The van der Waals surface area contributed by atoms with Gasteiger partial charge >= 0.3 is 12.0 Å². The Morgan fingerprint density at radius 2 is 2.21 bits per heavy atom. The summed E-state index contributed by atoms with van der Waals surface area (Å²) in [5, 5.41) is 12.0. The molecule has 2 N–H and O–H groups in total. The first-order valence-corrected chi connectivity index (χ1v) is 8.08. The van der Waals surface area contributed by atoms with E-state index in [9.17, 15) is 9.59 Å². The van der Waals surface area contributed by atoms with Crippen LogP contribution in [0.5, 0.6) is 0 Å². The summed E-state index contributed by atoms with van der Waals surface area (Å²) in [6.45, 7) is 3.22. The average Bonchev–Trinajstić information content (AvgIpc) is 2.88. The van der Waals surface area contributed by atoms with Crippen molar-refractivity contribution in [2.24, 2.45) is 11.8 Å². The fourth-order valence-electron chi connectivity index (χ4n) is 2.78. The third-order valence-electron chi connectivity index (χ3n) is 4.05. The minimum atomic E-state index is -0.741. The molecule has 19 heavy (non-hydrogen) atoms. The number of aliphatic carboxylic acids is 1. The number of nitrogens with one attached hydrogen (secondary N) is 1. The van der Waals surface area contributed by atoms with Crippen molar-refractivity contribution in [3.63, 3.8) is 0 Å². The number of thioether (sulfide) groups is 1. The van der Waals surface area contributed by atoms with Crippen LogP contribution in [0.25, 0.3) is 0 Å². The molecule has 0 aromatic carbocycles. The number of likely N-dealkylation sites (tertiary alicyclic amines) is 1. The highest BCUT2D eigenvalue weighted by molar-refractivity contribution is 7.99. The summed E-state index contributed by atoms with van der Waals surface area (Å²) in [4.78, 5) is 24.8. The van der Waals surface area contributed by atoms with Gasteiger partial charge in [0.2, 0.25) is 0 Å². The SMILES string of the molecule is CC1CC(C(=O)O)CCN1C(=O)NCC1CCSC1. The van der Waals surface area contributed by atoms with Gasteiger partial charge in [-0.1, -0.05) is 0 Å². The summed E-state index contributed by atoms with van der Waals surface area (Å²) in [5.41, 5.74) is 0. The molecule has 0 spiro atoms. The molecular formula is C13H22N2O3S. The Labute approximate surface area is 118 Å². The molecule has 0 radical (unpaired) electrons. The Morgan fingerprint density at radius 3 is 2.79 bits per heavy atom. The van der Waals surface area contributed by atoms with E-state index in [1.54, 1.807) is 4.90 Å². The van der Waals surface area contributed by atoms with Crippen LogP contribution in [-0.4, -0.2) is 52.6 Å². The number of hydrogen-bond donors (Lipinski definition) is 2. The molecular weight excluding hydrogens is 264 g/mol. The molecule has 0 bridgehead atoms. The van der Waals surface area contributed by atoms with E-state index in [0.717, 1.165) is 12.3 Å². The predicted octanol–water partition coefficient (Wildman–Crippen LogP) is 1.63. The van der Waals surface area contributed by atoms with Crippen molar-refractivity contribution in [1.29, 1.82) is 0 Å². The fourth-order valence-corrected chi connectivity index (χ4v) is 4.06. The lowest BCUT2D eigenvalue weighted by molar-refractivity contribution is -0.143. The van der Waals surface area contributed by atoms with Crippen LogP contribution >= 0.6 is 11.8 Å². The van der Waals surface area contributed by atoms with Gasteiger partial charge in [-0.2, -0.15) is 11.8 Å². The molecule has 0 saturated carbocycles. The first-order valence-electron chi connectivity index (χ1n) is 6.93. The van der Waals surface area contributed by atoms with Crippen LogP contribution in [0.2, 0.25) is 0 Å². The number of carboxylic acid groups (broad SMARTS) is 1. The van der Waals surface area contributed by atoms with Gasteiger partial charge in [0.05, 0.1) is 5.92 Å². The summed E-state index contributed by atoms with van der Waals surface area (Å²) < 4.78 is 0. The predicted molar refractivity (Wildman–Crippen MR) is 75.4 cm³/mol. The van der Waals surface area contributed by atoms with Gasteiger partial charge in [-0.3, -0.25) is 4.79 Å². The first-order chi connectivity index (χ1) is 9.08. The van der Waals surface area contributed by atoms with E-state index in [-0.39, 0.29) is 18.0 Å². The van der Waals surface area contributed by atoms with E-state index in [2.05, 4.69) is 5.32 Å². The zero-order valence-corrected chi connectivity index (χ0v) is 12.1. The normalized spacial score (nSPS) is 31.2. The maximum Gasteiger partial charge on any atom is 0.317 e. The number of hydrogen-bond acceptors (Lipinski definition) is 3. The molecule has 3 atom stereocenters. The lowest BCUT2D eigenvalue weighted by atomic mass is 9.92. The third-order valence-corrected chi connectivity index (χ3v) is 5.28. The average molecular weight is 286 g/mol. The smallest absolute Gasteiger partial charge is 0.317 e. The molecule has 6 heteroatoms. The fraction of sp³-hybridized carbons (Fsp3) is 0.846. The molecule has 3 unspecified atom stereocenters. The quantitative estimate of drug-likeness (QED) is 0.827. The number of carboxylic acids is 1. The van der Waals surface area contributed by atoms with Crippen LogP contribution < -0.4 is 5.32 Å². The number of carbonyl (C=O) groups excluding carboxylic acids is 1. The van der Waals surface area contributed by atoms with Gasteiger partial charge < -0.3 is 15.3 Å². The van der Waals surface area contributed by atoms with Crippen molar-refractivity contribution in [3.8, 4) is 0 Å². The summed E-state index contributed by atoms with van der Waals surface area (Å²) in [6.07, 6.45) is 2.30. The van der Waals surface area contributed by atoms with Crippen LogP contribution in [-0.2, 0) is 4.79 Å². The standard InChI is InChI=1S/C13H22N2O3S/c1-9-6-11(12(16)17)2-4-15(9)13(18)14-7-10-3-5-19-8-10/h9-11H,2-8H2,1H3,(H,14,18)(H,16,17). The number of amides is 2. The van der Waals surface area contributed by atoms with Crippen LogP contribution in [0.4, 0.5) is 4.79 Å². The molecule has 2 rings (SSSR count). The van der Waals surface area contributed by atoms with Gasteiger partial charge in [0.15, 0.2) is 0 Å². The number of piperidine rings is 1. The minimum Gasteiger partial charge on any atom is -0.481 e. The van der Waals surface area contributed by atoms with E-state index in [1.807, 2.05) is 18.7 Å². The van der Waals surface area contributed by atoms with Gasteiger partial charge in [0, 0.05) is 19.1 Å². The van der Waals surface area contributed by atoms with Gasteiger partial charge in [-0.25, -0.2) is 4.79 Å². The topological polar surface area (TPSA) is 69.6 Å². The lowest BCUT2D eigenvalue weighted by Gasteiger charge is -2.36. The van der Waals surface area contributed by atoms with Crippen molar-refractivity contribution in [2.45, 2.75) is 32.2 Å². The number of nitrogens with zero attached hydrogens (tertiary/aromatic N) is 1. The van der Waals surface area contributed by atoms with Crippen molar-refractivity contribution in [2.75, 3.05) is 24.6 Å². The maximum absolute atomic E-state index is 12.1. The van der Waals surface area contributed by atoms with E-state index in [4.69, 9.17) is 5.11 Å². The summed E-state index contributed by atoms with van der Waals surface area (Å²) >= 11 is 1.94. The number of rotatable bonds is 3. The highest BCUT2D eigenvalue weighted by Crippen LogP contribution is 2.24. The lowest BCUT2D eigenvalue weighted by Crippen LogP contribution is -2.50. The summed E-state index contributed by atoms with van der Waals surface area (Å²) in [6, 6.07) is -0.0268. The van der Waals surface area contributed by atoms with Crippen molar-refractivity contribution < 1.29 is 14.7 Å². The zero-order chi connectivity index (χ0) is 13.8. The van der Waals surface area contributed by atoms with Crippen molar-refractivity contribution >= 4 is 23.8 Å². The first kappa shape index (κ1) is 14.5. The second-order valence-electron chi connectivity index (χ2n) is 5.52. The highest BCUT2D eigenvalue weighted by atomic mass is 32.2. The largest absolute Gasteiger partial charge is 0.481 e. The second kappa shape index (κ2) is 6.50. The Hall–Kier alpha value is -0.910. The van der Waals surface area contributed by atoms with E-state index in [1.165, 1.54) is 12.2 Å². The molecule has 2 aliphatic heterocycles. The zero-order valence-electron chi connectivity index (χ0n) is 11.3. The molecule has 0 aliphatic carbocycles. The van der Waals surface area contributed by atoms with E-state index < -0.39 is 5.97 Å². The minimum absolute atomic E-state index is 0.00723. The Kier molecular flexibility index (Phi) is 4.96. The van der Waals surface area contributed by atoms with Gasteiger partial charge in [-0.05, 0) is 43.6 Å². The van der Waals surface area contributed by atoms with Crippen molar-refractivity contribution in [1.82, 2.24) is 10.2 Å². The summed E-state index contributed by atoms with van der Waals surface area (Å²) in [5.74, 6) is 1.89. The van der Waals surface area contributed by atoms with Crippen LogP contribution in [0.15, 0.2) is 0 Å². The molecule has 2 heterocycles. The maximum atomic E-state index is 12.1. The Bertz CT molecular complexity index is 345. The molecule has 2 amide bonds. The highest BCUT2D eigenvalue weighted by Gasteiger charge is 2.32. The van der Waals surface area contributed by atoms with Crippen molar-refractivity contribution in [3.05, 3.63) is 0 Å². The van der Waals surface area contributed by atoms with E-state index in [0.29, 0.717) is 25.3 Å². The van der Waals surface area contributed by atoms with Crippen LogP contribution in [0, 0.1) is 11.8 Å². The molecule has 0 aromatic heterocycles. The number of urea groups is 1. The summed E-state index contributed by atoms with van der Waals surface area (Å²) in [7, 11) is 0. The molecule has 2 aliphatic rings. The third kappa shape index (κ3) is 3.78. The van der Waals surface area contributed by atoms with Gasteiger partial charge in [-0.15, -0.1) is 0 Å². The van der Waals surface area contributed by atoms with E-state index >= 15 is 0 Å². The molecule has 2 fully saturated rings. The Balaban J connectivity index is 1.77. The molecule has 108 valence electrons. The number of carbonyl (C=O) groups is 2.